The minimum absolute atomic E-state index is 0.134. The fourth-order valence-electron chi connectivity index (χ4n) is 2.76. The highest BCUT2D eigenvalue weighted by Crippen LogP contribution is 2.17. The lowest BCUT2D eigenvalue weighted by molar-refractivity contribution is -0.120. The lowest BCUT2D eigenvalue weighted by Crippen LogP contribution is -2.37. The van der Waals surface area contributed by atoms with Crippen molar-refractivity contribution in [1.82, 2.24) is 10.6 Å². The van der Waals surface area contributed by atoms with E-state index in [1.165, 1.54) is 43.4 Å². The van der Waals surface area contributed by atoms with Gasteiger partial charge < -0.3 is 10.6 Å². The van der Waals surface area contributed by atoms with Gasteiger partial charge in [-0.15, -0.1) is 11.3 Å². The molecular formula is C16H26N2OS. The molecule has 1 aliphatic carbocycles. The van der Waals surface area contributed by atoms with E-state index in [0.29, 0.717) is 12.5 Å². The second kappa shape index (κ2) is 8.42. The average Bonchev–Trinajstić information content (AvgIpc) is 2.67. The smallest absolute Gasteiger partial charge is 0.225 e. The van der Waals surface area contributed by atoms with Crippen LogP contribution < -0.4 is 10.6 Å². The number of nitrogens with one attached hydrogen (secondary N) is 2. The van der Waals surface area contributed by atoms with E-state index in [2.05, 4.69) is 23.6 Å². The van der Waals surface area contributed by atoms with E-state index in [1.54, 1.807) is 11.3 Å². The van der Waals surface area contributed by atoms with Crippen molar-refractivity contribution in [3.05, 3.63) is 21.9 Å². The van der Waals surface area contributed by atoms with Gasteiger partial charge in [-0.1, -0.05) is 25.7 Å². The van der Waals surface area contributed by atoms with Gasteiger partial charge in [-0.05, 0) is 31.9 Å². The molecule has 0 radical (unpaired) electrons. The lowest BCUT2D eigenvalue weighted by Gasteiger charge is -2.16. The Morgan fingerprint density at radius 2 is 1.95 bits per heavy atom. The van der Waals surface area contributed by atoms with Crippen molar-refractivity contribution >= 4 is 17.2 Å². The highest BCUT2D eigenvalue weighted by Gasteiger charge is 2.11. The van der Waals surface area contributed by atoms with Crippen LogP contribution in [0.4, 0.5) is 0 Å². The van der Waals surface area contributed by atoms with Crippen molar-refractivity contribution in [2.75, 3.05) is 13.1 Å². The van der Waals surface area contributed by atoms with Gasteiger partial charge in [-0.2, -0.15) is 0 Å². The van der Waals surface area contributed by atoms with Gasteiger partial charge in [-0.25, -0.2) is 0 Å². The van der Waals surface area contributed by atoms with Crippen molar-refractivity contribution in [3.8, 4) is 0 Å². The molecule has 1 amide bonds. The van der Waals surface area contributed by atoms with Gasteiger partial charge in [0.05, 0.1) is 6.42 Å². The van der Waals surface area contributed by atoms with Crippen LogP contribution in [0.3, 0.4) is 0 Å². The van der Waals surface area contributed by atoms with Gasteiger partial charge in [0.15, 0.2) is 0 Å². The largest absolute Gasteiger partial charge is 0.355 e. The van der Waals surface area contributed by atoms with E-state index in [1.807, 2.05) is 6.07 Å². The van der Waals surface area contributed by atoms with Gasteiger partial charge in [0.1, 0.15) is 0 Å². The van der Waals surface area contributed by atoms with Gasteiger partial charge in [0, 0.05) is 28.9 Å². The molecule has 112 valence electrons. The summed E-state index contributed by atoms with van der Waals surface area (Å²) in [5.41, 5.74) is 0. The predicted octanol–water partition coefficient (Wildman–Crippen LogP) is 3.03. The first-order valence-electron chi connectivity index (χ1n) is 7.79. The molecule has 4 heteroatoms. The second-order valence-electron chi connectivity index (χ2n) is 5.68. The number of rotatable bonds is 6. The number of carbonyl (C=O) groups excluding carboxylic acids is 1. The molecule has 0 aliphatic heterocycles. The van der Waals surface area contributed by atoms with Crippen molar-refractivity contribution in [2.45, 2.75) is 57.9 Å². The van der Waals surface area contributed by atoms with Crippen molar-refractivity contribution in [2.24, 2.45) is 0 Å². The summed E-state index contributed by atoms with van der Waals surface area (Å²) in [5.74, 6) is 0.134. The number of hydrogen-bond acceptors (Lipinski definition) is 3. The highest BCUT2D eigenvalue weighted by atomic mass is 32.1. The molecule has 0 unspecified atom stereocenters. The van der Waals surface area contributed by atoms with Crippen molar-refractivity contribution in [3.63, 3.8) is 0 Å². The monoisotopic (exact) mass is 294 g/mol. The maximum Gasteiger partial charge on any atom is 0.225 e. The van der Waals surface area contributed by atoms with Crippen LogP contribution in [-0.4, -0.2) is 25.0 Å². The maximum absolute atomic E-state index is 11.8. The summed E-state index contributed by atoms with van der Waals surface area (Å²) in [6, 6.07) is 4.78. The van der Waals surface area contributed by atoms with Gasteiger partial charge in [0.2, 0.25) is 5.91 Å². The quantitative estimate of drug-likeness (QED) is 0.625. The minimum Gasteiger partial charge on any atom is -0.355 e. The molecule has 1 aromatic rings. The summed E-state index contributed by atoms with van der Waals surface area (Å²) in [7, 11) is 0. The number of amides is 1. The second-order valence-corrected chi connectivity index (χ2v) is 7.05. The van der Waals surface area contributed by atoms with E-state index in [-0.39, 0.29) is 5.91 Å². The maximum atomic E-state index is 11.8. The summed E-state index contributed by atoms with van der Waals surface area (Å²) in [4.78, 5) is 14.2. The Labute approximate surface area is 126 Å². The Kier molecular flexibility index (Phi) is 6.54. The zero-order valence-electron chi connectivity index (χ0n) is 12.4. The summed E-state index contributed by atoms with van der Waals surface area (Å²) in [6.07, 6.45) is 8.57. The molecule has 0 saturated heterocycles. The zero-order valence-corrected chi connectivity index (χ0v) is 13.2. The first kappa shape index (κ1) is 15.5. The molecule has 1 aliphatic rings. The first-order valence-corrected chi connectivity index (χ1v) is 8.61. The van der Waals surface area contributed by atoms with Crippen LogP contribution in [0, 0.1) is 6.92 Å². The molecule has 1 saturated carbocycles. The molecule has 3 nitrogen and oxygen atoms in total. The fourth-order valence-corrected chi connectivity index (χ4v) is 3.65. The third-order valence-corrected chi connectivity index (χ3v) is 4.87. The van der Waals surface area contributed by atoms with Crippen molar-refractivity contribution in [1.29, 1.82) is 0 Å². The van der Waals surface area contributed by atoms with E-state index in [4.69, 9.17) is 0 Å². The van der Waals surface area contributed by atoms with Crippen LogP contribution in [-0.2, 0) is 11.2 Å². The van der Waals surface area contributed by atoms with E-state index >= 15 is 0 Å². The zero-order chi connectivity index (χ0) is 14.2. The van der Waals surface area contributed by atoms with Crippen LogP contribution in [0.15, 0.2) is 12.1 Å². The topological polar surface area (TPSA) is 41.1 Å². The Morgan fingerprint density at radius 3 is 2.60 bits per heavy atom. The molecule has 0 spiro atoms. The van der Waals surface area contributed by atoms with Gasteiger partial charge in [-0.3, -0.25) is 4.79 Å². The fraction of sp³-hybridized carbons (Fsp3) is 0.688. The molecule has 1 aromatic heterocycles. The lowest BCUT2D eigenvalue weighted by atomic mass is 10.1. The number of hydrogen-bond donors (Lipinski definition) is 2. The van der Waals surface area contributed by atoms with Crippen LogP contribution >= 0.6 is 11.3 Å². The summed E-state index contributed by atoms with van der Waals surface area (Å²) < 4.78 is 0. The summed E-state index contributed by atoms with van der Waals surface area (Å²) in [5, 5.41) is 6.57. The Bertz CT molecular complexity index is 408. The molecule has 20 heavy (non-hydrogen) atoms. The summed E-state index contributed by atoms with van der Waals surface area (Å²) in [6.45, 7) is 3.70. The predicted molar refractivity (Wildman–Crippen MR) is 85.3 cm³/mol. The molecular weight excluding hydrogens is 268 g/mol. The van der Waals surface area contributed by atoms with Crippen LogP contribution in [0.25, 0.3) is 0 Å². The third kappa shape index (κ3) is 5.63. The third-order valence-electron chi connectivity index (χ3n) is 3.87. The highest BCUT2D eigenvalue weighted by molar-refractivity contribution is 7.12. The van der Waals surface area contributed by atoms with Crippen LogP contribution in [0.5, 0.6) is 0 Å². The minimum atomic E-state index is 0.134. The molecule has 0 atom stereocenters. The number of aryl methyl sites for hydroxylation is 1. The van der Waals surface area contributed by atoms with Gasteiger partial charge in [0.25, 0.3) is 0 Å². The van der Waals surface area contributed by atoms with E-state index in [0.717, 1.165) is 18.0 Å². The molecule has 0 bridgehead atoms. The molecule has 2 N–H and O–H groups in total. The molecule has 1 fully saturated rings. The summed E-state index contributed by atoms with van der Waals surface area (Å²) >= 11 is 1.70. The Balaban J connectivity index is 1.57. The number of thiophene rings is 1. The molecule has 0 aromatic carbocycles. The van der Waals surface area contributed by atoms with Crippen LogP contribution in [0.2, 0.25) is 0 Å². The number of carbonyl (C=O) groups is 1. The van der Waals surface area contributed by atoms with Crippen LogP contribution in [0.1, 0.15) is 48.3 Å². The van der Waals surface area contributed by atoms with E-state index < -0.39 is 0 Å². The Morgan fingerprint density at radius 1 is 1.20 bits per heavy atom. The molecule has 1 heterocycles. The average molecular weight is 294 g/mol. The first-order chi connectivity index (χ1) is 9.74. The SMILES string of the molecule is Cc1ccc(CC(=O)NCCNC2CCCCCC2)s1. The Hall–Kier alpha value is -0.870. The van der Waals surface area contributed by atoms with Crippen molar-refractivity contribution < 1.29 is 4.79 Å². The standard InChI is InChI=1S/C16H26N2OS/c1-13-8-9-15(20-13)12-16(19)18-11-10-17-14-6-4-2-3-5-7-14/h8-9,14,17H,2-7,10-12H2,1H3,(H,18,19). The normalized spacial score (nSPS) is 16.9. The molecule has 2 rings (SSSR count). The van der Waals surface area contributed by atoms with E-state index in [9.17, 15) is 4.79 Å². The van der Waals surface area contributed by atoms with Gasteiger partial charge >= 0.3 is 0 Å².